The number of halogens is 1. The van der Waals surface area contributed by atoms with Crippen molar-refractivity contribution in [3.05, 3.63) is 34.9 Å². The normalized spacial score (nSPS) is 9.00. The van der Waals surface area contributed by atoms with Crippen LogP contribution in [0.3, 0.4) is 0 Å². The van der Waals surface area contributed by atoms with Gasteiger partial charge >= 0.3 is 0 Å². The molecule has 0 saturated heterocycles. The molecule has 1 rings (SSSR count). The van der Waals surface area contributed by atoms with E-state index >= 15 is 0 Å². The zero-order valence-corrected chi connectivity index (χ0v) is 5.35. The smallest absolute Gasteiger partial charge is 0.235 e. The second kappa shape index (κ2) is 2.65. The Hall–Kier alpha value is -0.820. The highest BCUT2D eigenvalue weighted by molar-refractivity contribution is 6.32. The van der Waals surface area contributed by atoms with Crippen LogP contribution in [-0.4, -0.2) is 6.29 Å². The lowest BCUT2D eigenvalue weighted by Crippen LogP contribution is -1.78. The molecule has 1 aromatic rings. The maximum atomic E-state index is 10.0. The number of benzene rings is 1. The summed E-state index contributed by atoms with van der Waals surface area (Å²) in [6.45, 7) is 0. The standard InChI is InChI=1S/C7H4ClO/c8-7-4-2-1-3-6(7)5-9/h1-4H. The quantitative estimate of drug-likeness (QED) is 0.580. The zero-order chi connectivity index (χ0) is 6.69. The van der Waals surface area contributed by atoms with Crippen molar-refractivity contribution in [3.8, 4) is 0 Å². The minimum Gasteiger partial charge on any atom is -0.285 e. The van der Waals surface area contributed by atoms with Crippen LogP contribution in [0.5, 0.6) is 0 Å². The van der Waals surface area contributed by atoms with E-state index in [0.29, 0.717) is 10.6 Å². The van der Waals surface area contributed by atoms with Gasteiger partial charge in [-0.1, -0.05) is 23.7 Å². The summed E-state index contributed by atoms with van der Waals surface area (Å²) in [6, 6.07) is 6.78. The van der Waals surface area contributed by atoms with Gasteiger partial charge in [0.25, 0.3) is 0 Å². The lowest BCUT2D eigenvalue weighted by Gasteiger charge is -1.89. The molecule has 0 aliphatic heterocycles. The van der Waals surface area contributed by atoms with Crippen LogP contribution in [0.25, 0.3) is 0 Å². The first kappa shape index (κ1) is 6.30. The van der Waals surface area contributed by atoms with Crippen LogP contribution in [-0.2, 0) is 4.79 Å². The van der Waals surface area contributed by atoms with Gasteiger partial charge in [-0.25, -0.2) is 0 Å². The lowest BCUT2D eigenvalue weighted by molar-refractivity contribution is 0.563. The van der Waals surface area contributed by atoms with Crippen LogP contribution in [0.1, 0.15) is 5.56 Å². The minimum atomic E-state index is 0.416. The van der Waals surface area contributed by atoms with Gasteiger partial charge < -0.3 is 0 Å². The van der Waals surface area contributed by atoms with Crippen molar-refractivity contribution >= 4 is 17.9 Å². The lowest BCUT2D eigenvalue weighted by atomic mass is 10.2. The van der Waals surface area contributed by atoms with Crippen molar-refractivity contribution in [1.82, 2.24) is 0 Å². The van der Waals surface area contributed by atoms with Crippen molar-refractivity contribution < 1.29 is 4.79 Å². The maximum absolute atomic E-state index is 10.0. The molecule has 0 fully saturated rings. The van der Waals surface area contributed by atoms with E-state index in [-0.39, 0.29) is 0 Å². The van der Waals surface area contributed by atoms with Crippen molar-refractivity contribution in [2.45, 2.75) is 0 Å². The summed E-state index contributed by atoms with van der Waals surface area (Å²) < 4.78 is 0. The highest BCUT2D eigenvalue weighted by Gasteiger charge is 1.93. The number of hydrogen-bond donors (Lipinski definition) is 0. The molecule has 0 aliphatic rings. The third kappa shape index (κ3) is 1.30. The fourth-order valence-corrected chi connectivity index (χ4v) is 0.718. The predicted octanol–water partition coefficient (Wildman–Crippen LogP) is 1.80. The van der Waals surface area contributed by atoms with Gasteiger partial charge in [-0.05, 0) is 12.1 Å². The van der Waals surface area contributed by atoms with E-state index in [2.05, 4.69) is 0 Å². The third-order valence-corrected chi connectivity index (χ3v) is 1.31. The fraction of sp³-hybridized carbons (Fsp3) is 0. The summed E-state index contributed by atoms with van der Waals surface area (Å²) in [7, 11) is 0. The van der Waals surface area contributed by atoms with E-state index < -0.39 is 0 Å². The Morgan fingerprint density at radius 1 is 1.33 bits per heavy atom. The molecule has 0 heterocycles. The second-order valence-electron chi connectivity index (χ2n) is 1.58. The molecule has 1 aromatic carbocycles. The van der Waals surface area contributed by atoms with Crippen LogP contribution in [0, 0.1) is 0 Å². The molecule has 0 saturated carbocycles. The van der Waals surface area contributed by atoms with E-state index in [1.807, 2.05) is 0 Å². The highest BCUT2D eigenvalue weighted by atomic mass is 35.5. The zero-order valence-electron chi connectivity index (χ0n) is 4.60. The third-order valence-electron chi connectivity index (χ3n) is 0.984. The summed E-state index contributed by atoms with van der Waals surface area (Å²) in [4.78, 5) is 10.0. The van der Waals surface area contributed by atoms with Gasteiger partial charge in [0.05, 0.1) is 5.02 Å². The molecule has 1 radical (unpaired) electrons. The topological polar surface area (TPSA) is 17.1 Å². The molecule has 9 heavy (non-hydrogen) atoms. The van der Waals surface area contributed by atoms with E-state index in [9.17, 15) is 4.79 Å². The van der Waals surface area contributed by atoms with E-state index in [4.69, 9.17) is 11.6 Å². The number of rotatable bonds is 1. The maximum Gasteiger partial charge on any atom is 0.235 e. The molecule has 1 nitrogen and oxygen atoms in total. The Bertz CT molecular complexity index is 220. The molecule has 0 N–H and O–H groups in total. The Kier molecular flexibility index (Phi) is 1.85. The molecule has 0 spiro atoms. The summed E-state index contributed by atoms with van der Waals surface area (Å²) in [5, 5.41) is 0.451. The second-order valence-corrected chi connectivity index (χ2v) is 1.99. The largest absolute Gasteiger partial charge is 0.285 e. The SMILES string of the molecule is O=[C]c1ccccc1Cl. The van der Waals surface area contributed by atoms with Crippen LogP contribution in [0.15, 0.2) is 24.3 Å². The summed E-state index contributed by atoms with van der Waals surface area (Å²) in [5.41, 5.74) is 0.416. The van der Waals surface area contributed by atoms with E-state index in [1.54, 1.807) is 30.6 Å². The van der Waals surface area contributed by atoms with Gasteiger partial charge in [0.1, 0.15) is 0 Å². The summed E-state index contributed by atoms with van der Waals surface area (Å²) >= 11 is 5.56. The summed E-state index contributed by atoms with van der Waals surface area (Å²) in [6.07, 6.45) is 1.71. The molecule has 0 amide bonds. The average Bonchev–Trinajstić information content (AvgIpc) is 1.89. The van der Waals surface area contributed by atoms with Crippen LogP contribution in [0.4, 0.5) is 0 Å². The van der Waals surface area contributed by atoms with Gasteiger partial charge in [0.2, 0.25) is 6.29 Å². The van der Waals surface area contributed by atoms with Gasteiger partial charge in [-0.15, -0.1) is 0 Å². The van der Waals surface area contributed by atoms with Gasteiger partial charge in [0.15, 0.2) is 0 Å². The molecule has 0 atom stereocenters. The van der Waals surface area contributed by atoms with Crippen LogP contribution >= 0.6 is 11.6 Å². The summed E-state index contributed by atoms with van der Waals surface area (Å²) in [5.74, 6) is 0. The Labute approximate surface area is 58.3 Å². The van der Waals surface area contributed by atoms with Gasteiger partial charge in [-0.2, -0.15) is 0 Å². The van der Waals surface area contributed by atoms with Crippen molar-refractivity contribution in [2.24, 2.45) is 0 Å². The van der Waals surface area contributed by atoms with Gasteiger partial charge in [-0.3, -0.25) is 4.79 Å². The minimum absolute atomic E-state index is 0.416. The van der Waals surface area contributed by atoms with Crippen molar-refractivity contribution in [3.63, 3.8) is 0 Å². The molecule has 0 unspecified atom stereocenters. The average molecular weight is 140 g/mol. The molecule has 2 heteroatoms. The Morgan fingerprint density at radius 3 is 2.44 bits per heavy atom. The Morgan fingerprint density at radius 2 is 2.00 bits per heavy atom. The Balaban J connectivity index is 3.15. The predicted molar refractivity (Wildman–Crippen MR) is 36.2 cm³/mol. The highest BCUT2D eigenvalue weighted by Crippen LogP contribution is 2.11. The van der Waals surface area contributed by atoms with Crippen molar-refractivity contribution in [1.29, 1.82) is 0 Å². The van der Waals surface area contributed by atoms with Crippen LogP contribution < -0.4 is 0 Å². The van der Waals surface area contributed by atoms with Crippen LogP contribution in [0.2, 0.25) is 5.02 Å². The first-order valence-electron chi connectivity index (χ1n) is 2.47. The van der Waals surface area contributed by atoms with E-state index in [0.717, 1.165) is 0 Å². The van der Waals surface area contributed by atoms with E-state index in [1.165, 1.54) is 0 Å². The first-order chi connectivity index (χ1) is 4.34. The molecule has 0 bridgehead atoms. The van der Waals surface area contributed by atoms with Crippen molar-refractivity contribution in [2.75, 3.05) is 0 Å². The number of hydrogen-bond acceptors (Lipinski definition) is 1. The molecule has 0 aromatic heterocycles. The molecular weight excluding hydrogens is 136 g/mol. The molecular formula is C7H4ClO. The number of carbonyl (C=O) groups excluding carboxylic acids is 1. The molecule has 45 valence electrons. The fourth-order valence-electron chi connectivity index (χ4n) is 0.544. The monoisotopic (exact) mass is 139 g/mol. The molecule has 0 aliphatic carbocycles. The van der Waals surface area contributed by atoms with Gasteiger partial charge in [0, 0.05) is 5.56 Å². The first-order valence-corrected chi connectivity index (χ1v) is 2.85.